The first-order valence-corrected chi connectivity index (χ1v) is 9.09. The monoisotopic (exact) mass is 374 g/mol. The van der Waals surface area contributed by atoms with Crippen molar-refractivity contribution < 1.29 is 14.3 Å². The summed E-state index contributed by atoms with van der Waals surface area (Å²) in [5.74, 6) is -0.197. The lowest BCUT2D eigenvalue weighted by Gasteiger charge is -2.24. The maximum absolute atomic E-state index is 12.6. The van der Waals surface area contributed by atoms with Crippen molar-refractivity contribution in [3.8, 4) is 0 Å². The van der Waals surface area contributed by atoms with Crippen LogP contribution in [0, 0.1) is 0 Å². The van der Waals surface area contributed by atoms with Crippen LogP contribution < -0.4 is 11.1 Å². The van der Waals surface area contributed by atoms with E-state index in [1.165, 1.54) is 0 Å². The van der Waals surface area contributed by atoms with Crippen LogP contribution in [0.25, 0.3) is 10.4 Å². The smallest absolute Gasteiger partial charge is 0.242 e. The van der Waals surface area contributed by atoms with E-state index in [1.54, 1.807) is 4.90 Å². The van der Waals surface area contributed by atoms with Gasteiger partial charge in [0.25, 0.3) is 0 Å². The van der Waals surface area contributed by atoms with E-state index >= 15 is 0 Å². The molecule has 3 N–H and O–H groups in total. The molecule has 0 aromatic heterocycles. The molecule has 9 heteroatoms. The number of amides is 2. The Kier molecular flexibility index (Phi) is 8.57. The lowest BCUT2D eigenvalue weighted by atomic mass is 10.1. The molecule has 1 saturated heterocycles. The molecule has 0 bridgehead atoms. The third kappa shape index (κ3) is 6.56. The predicted molar refractivity (Wildman–Crippen MR) is 101 cm³/mol. The molecule has 146 valence electrons. The molecular formula is C18H26N6O3. The van der Waals surface area contributed by atoms with Gasteiger partial charge in [0, 0.05) is 31.1 Å². The lowest BCUT2D eigenvalue weighted by molar-refractivity contribution is -0.138. The highest BCUT2D eigenvalue weighted by atomic mass is 16.5. The normalized spacial score (nSPS) is 16.0. The van der Waals surface area contributed by atoms with Crippen molar-refractivity contribution in [3.05, 3.63) is 45.8 Å². The standard InChI is InChI=1S/C18H26N6O3/c19-13-15-5-3-14(4-6-15)12-17(25)24-9-1-2-16(24)18(26)21-7-10-27-11-8-22-23-20/h3-6,16H,1-2,7-13,19H2,(H,21,26)/t16-/m1/s1. The van der Waals surface area contributed by atoms with Crippen LogP contribution in [0.3, 0.4) is 0 Å². The Morgan fingerprint density at radius 2 is 2.04 bits per heavy atom. The van der Waals surface area contributed by atoms with Crippen LogP contribution in [-0.4, -0.2) is 55.6 Å². The second-order valence-electron chi connectivity index (χ2n) is 6.30. The van der Waals surface area contributed by atoms with Crippen LogP contribution in [0.15, 0.2) is 29.4 Å². The fourth-order valence-electron chi connectivity index (χ4n) is 3.02. The molecule has 2 rings (SSSR count). The summed E-state index contributed by atoms with van der Waals surface area (Å²) in [6, 6.07) is 7.21. The van der Waals surface area contributed by atoms with E-state index in [9.17, 15) is 9.59 Å². The summed E-state index contributed by atoms with van der Waals surface area (Å²) in [5.41, 5.74) is 15.7. The molecule has 27 heavy (non-hydrogen) atoms. The number of nitrogens with one attached hydrogen (secondary N) is 1. The number of azide groups is 1. The van der Waals surface area contributed by atoms with Crippen molar-refractivity contribution >= 4 is 11.8 Å². The molecule has 0 radical (unpaired) electrons. The molecule has 0 spiro atoms. The maximum Gasteiger partial charge on any atom is 0.242 e. The van der Waals surface area contributed by atoms with Gasteiger partial charge in [0.15, 0.2) is 0 Å². The Hall–Kier alpha value is -2.61. The number of hydrogen-bond donors (Lipinski definition) is 2. The van der Waals surface area contributed by atoms with E-state index in [0.717, 1.165) is 17.5 Å². The zero-order valence-electron chi connectivity index (χ0n) is 15.3. The minimum atomic E-state index is -0.427. The van der Waals surface area contributed by atoms with Crippen LogP contribution in [0.5, 0.6) is 0 Å². The van der Waals surface area contributed by atoms with Gasteiger partial charge in [0.1, 0.15) is 6.04 Å². The van der Waals surface area contributed by atoms with E-state index in [2.05, 4.69) is 15.3 Å². The van der Waals surface area contributed by atoms with E-state index in [4.69, 9.17) is 16.0 Å². The number of carbonyl (C=O) groups is 2. The minimum absolute atomic E-state index is 0.0428. The average molecular weight is 374 g/mol. The average Bonchev–Trinajstić information content (AvgIpc) is 3.18. The van der Waals surface area contributed by atoms with E-state index in [-0.39, 0.29) is 24.8 Å². The maximum atomic E-state index is 12.6. The highest BCUT2D eigenvalue weighted by Crippen LogP contribution is 2.19. The fourth-order valence-corrected chi connectivity index (χ4v) is 3.02. The van der Waals surface area contributed by atoms with E-state index in [1.807, 2.05) is 24.3 Å². The third-order valence-corrected chi connectivity index (χ3v) is 4.43. The van der Waals surface area contributed by atoms with Gasteiger partial charge < -0.3 is 20.7 Å². The molecule has 9 nitrogen and oxygen atoms in total. The van der Waals surface area contributed by atoms with Crippen LogP contribution in [0.1, 0.15) is 24.0 Å². The van der Waals surface area contributed by atoms with Gasteiger partial charge in [0.05, 0.1) is 19.6 Å². The molecular weight excluding hydrogens is 348 g/mol. The van der Waals surface area contributed by atoms with Gasteiger partial charge in [-0.1, -0.05) is 29.4 Å². The van der Waals surface area contributed by atoms with Gasteiger partial charge in [-0.15, -0.1) is 0 Å². The van der Waals surface area contributed by atoms with Crippen molar-refractivity contribution in [2.75, 3.05) is 32.8 Å². The van der Waals surface area contributed by atoms with Crippen LogP contribution in [0.2, 0.25) is 0 Å². The summed E-state index contributed by atoms with van der Waals surface area (Å²) in [4.78, 5) is 29.3. The Labute approximate surface area is 158 Å². The van der Waals surface area contributed by atoms with Crippen molar-refractivity contribution in [2.24, 2.45) is 10.8 Å². The molecule has 1 heterocycles. The van der Waals surface area contributed by atoms with Crippen molar-refractivity contribution in [1.29, 1.82) is 0 Å². The topological polar surface area (TPSA) is 133 Å². The number of carbonyl (C=O) groups excluding carboxylic acids is 2. The molecule has 0 unspecified atom stereocenters. The second-order valence-corrected chi connectivity index (χ2v) is 6.30. The lowest BCUT2D eigenvalue weighted by Crippen LogP contribution is -2.47. The molecule has 0 aliphatic carbocycles. The zero-order chi connectivity index (χ0) is 19.5. The van der Waals surface area contributed by atoms with Crippen molar-refractivity contribution in [1.82, 2.24) is 10.2 Å². The molecule has 1 aromatic carbocycles. The Balaban J connectivity index is 1.77. The third-order valence-electron chi connectivity index (χ3n) is 4.43. The summed E-state index contributed by atoms with van der Waals surface area (Å²) in [6.07, 6.45) is 1.76. The Morgan fingerprint density at radius 3 is 2.74 bits per heavy atom. The number of nitrogens with two attached hydrogens (primary N) is 1. The van der Waals surface area contributed by atoms with Gasteiger partial charge >= 0.3 is 0 Å². The van der Waals surface area contributed by atoms with Crippen molar-refractivity contribution in [2.45, 2.75) is 31.8 Å². The first-order chi connectivity index (χ1) is 13.2. The number of ether oxygens (including phenoxy) is 1. The van der Waals surface area contributed by atoms with E-state index < -0.39 is 6.04 Å². The number of benzene rings is 1. The van der Waals surface area contributed by atoms with Gasteiger partial charge in [-0.25, -0.2) is 0 Å². The summed E-state index contributed by atoms with van der Waals surface area (Å²) in [6.45, 7) is 2.34. The fraction of sp³-hybridized carbons (Fsp3) is 0.556. The Bertz CT molecular complexity index is 672. The second kappa shape index (κ2) is 11.2. The molecule has 1 aromatic rings. The largest absolute Gasteiger partial charge is 0.379 e. The number of hydrogen-bond acceptors (Lipinski definition) is 5. The molecule has 1 fully saturated rings. The summed E-state index contributed by atoms with van der Waals surface area (Å²) in [7, 11) is 0. The van der Waals surface area contributed by atoms with Gasteiger partial charge in [0.2, 0.25) is 11.8 Å². The number of nitrogens with zero attached hydrogens (tertiary/aromatic N) is 4. The first kappa shape index (κ1) is 20.7. The van der Waals surface area contributed by atoms with Gasteiger partial charge in [-0.05, 0) is 29.5 Å². The minimum Gasteiger partial charge on any atom is -0.379 e. The number of likely N-dealkylation sites (tertiary alicyclic amines) is 1. The highest BCUT2D eigenvalue weighted by Gasteiger charge is 2.33. The van der Waals surface area contributed by atoms with Crippen LogP contribution in [0.4, 0.5) is 0 Å². The molecule has 1 aliphatic rings. The Morgan fingerprint density at radius 1 is 1.30 bits per heavy atom. The van der Waals surface area contributed by atoms with Crippen LogP contribution >= 0.6 is 0 Å². The van der Waals surface area contributed by atoms with Crippen LogP contribution in [-0.2, 0) is 27.3 Å². The molecule has 1 atom stereocenters. The summed E-state index contributed by atoms with van der Waals surface area (Å²) in [5, 5.41) is 6.16. The molecule has 0 saturated carbocycles. The summed E-state index contributed by atoms with van der Waals surface area (Å²) >= 11 is 0. The molecule has 2 amide bonds. The van der Waals surface area contributed by atoms with Gasteiger partial charge in [-0.2, -0.15) is 0 Å². The SMILES string of the molecule is [N-]=[N+]=NCCOCCNC(=O)[C@H]1CCCN1C(=O)Cc1ccc(CN)cc1. The summed E-state index contributed by atoms with van der Waals surface area (Å²) < 4.78 is 5.25. The highest BCUT2D eigenvalue weighted by molar-refractivity contribution is 5.89. The van der Waals surface area contributed by atoms with E-state index in [0.29, 0.717) is 39.3 Å². The molecule has 1 aliphatic heterocycles. The van der Waals surface area contributed by atoms with Crippen molar-refractivity contribution in [3.63, 3.8) is 0 Å². The first-order valence-electron chi connectivity index (χ1n) is 9.09. The predicted octanol–water partition coefficient (Wildman–Crippen LogP) is 1.12. The number of rotatable bonds is 10. The quantitative estimate of drug-likeness (QED) is 0.275. The zero-order valence-corrected chi connectivity index (χ0v) is 15.3. The van der Waals surface area contributed by atoms with Gasteiger partial charge in [-0.3, -0.25) is 9.59 Å².